The Morgan fingerprint density at radius 1 is 1.05 bits per heavy atom. The van der Waals surface area contributed by atoms with E-state index in [0.29, 0.717) is 5.69 Å². The van der Waals surface area contributed by atoms with Gasteiger partial charge < -0.3 is 10.6 Å². The molecule has 3 nitrogen and oxygen atoms in total. The van der Waals surface area contributed by atoms with E-state index in [4.69, 9.17) is 0 Å². The summed E-state index contributed by atoms with van der Waals surface area (Å²) in [6.07, 6.45) is 0. The van der Waals surface area contributed by atoms with Crippen LogP contribution in [0.2, 0.25) is 0 Å². The summed E-state index contributed by atoms with van der Waals surface area (Å²) in [5.41, 5.74) is 0.281. The molecule has 0 atom stereocenters. The second-order valence-electron chi connectivity index (χ2n) is 3.98. The van der Waals surface area contributed by atoms with Gasteiger partial charge in [-0.25, -0.2) is 8.78 Å². The normalized spacial score (nSPS) is 10.2. The van der Waals surface area contributed by atoms with Crippen LogP contribution in [-0.2, 0) is 4.79 Å². The second-order valence-corrected chi connectivity index (χ2v) is 4.83. The van der Waals surface area contributed by atoms with E-state index < -0.39 is 17.5 Å². The highest BCUT2D eigenvalue weighted by molar-refractivity contribution is 9.10. The molecule has 2 aromatic rings. The van der Waals surface area contributed by atoms with Gasteiger partial charge >= 0.3 is 0 Å². The molecule has 104 valence electrons. The molecule has 0 saturated carbocycles. The van der Waals surface area contributed by atoms with E-state index in [9.17, 15) is 13.6 Å². The number of benzene rings is 2. The van der Waals surface area contributed by atoms with Crippen LogP contribution in [0.4, 0.5) is 20.2 Å². The molecule has 1 amide bonds. The van der Waals surface area contributed by atoms with Crippen LogP contribution in [0, 0.1) is 11.6 Å². The molecule has 0 radical (unpaired) electrons. The highest BCUT2D eigenvalue weighted by atomic mass is 79.9. The van der Waals surface area contributed by atoms with E-state index in [1.165, 1.54) is 6.07 Å². The van der Waals surface area contributed by atoms with Crippen molar-refractivity contribution in [2.24, 2.45) is 0 Å². The van der Waals surface area contributed by atoms with E-state index in [-0.39, 0.29) is 12.2 Å². The zero-order chi connectivity index (χ0) is 14.5. The smallest absolute Gasteiger partial charge is 0.243 e. The molecule has 2 N–H and O–H groups in total. The third-order valence-electron chi connectivity index (χ3n) is 2.54. The van der Waals surface area contributed by atoms with Crippen molar-refractivity contribution in [2.45, 2.75) is 0 Å². The summed E-state index contributed by atoms with van der Waals surface area (Å²) in [6, 6.07) is 10.6. The Morgan fingerprint density at radius 2 is 1.70 bits per heavy atom. The lowest BCUT2D eigenvalue weighted by molar-refractivity contribution is -0.114. The molecule has 0 spiro atoms. The van der Waals surface area contributed by atoms with Crippen LogP contribution in [0.15, 0.2) is 46.9 Å². The van der Waals surface area contributed by atoms with Gasteiger partial charge in [-0.3, -0.25) is 4.79 Å². The van der Waals surface area contributed by atoms with Crippen molar-refractivity contribution in [3.63, 3.8) is 0 Å². The minimum absolute atomic E-state index is 0.237. The number of hydrogen-bond donors (Lipinski definition) is 2. The van der Waals surface area contributed by atoms with E-state index >= 15 is 0 Å². The first-order chi connectivity index (χ1) is 9.58. The van der Waals surface area contributed by atoms with Crippen LogP contribution in [0.3, 0.4) is 0 Å². The molecule has 6 heteroatoms. The SMILES string of the molecule is O=C(CNc1c(F)cccc1F)Nc1ccccc1Br. The van der Waals surface area contributed by atoms with Gasteiger partial charge in [-0.15, -0.1) is 0 Å². The molecule has 20 heavy (non-hydrogen) atoms. The molecule has 0 fully saturated rings. The number of halogens is 3. The fraction of sp³-hybridized carbons (Fsp3) is 0.0714. The standard InChI is InChI=1S/C14H11BrF2N2O/c15-9-4-1-2-7-12(9)19-13(20)8-18-14-10(16)5-3-6-11(14)17/h1-7,18H,8H2,(H,19,20). The average molecular weight is 341 g/mol. The van der Waals surface area contributed by atoms with E-state index in [2.05, 4.69) is 26.6 Å². The molecule has 0 aliphatic rings. The summed E-state index contributed by atoms with van der Waals surface area (Å²) in [4.78, 5) is 11.7. The third kappa shape index (κ3) is 3.54. The first-order valence-electron chi connectivity index (χ1n) is 5.80. The maximum atomic E-state index is 13.4. The molecular formula is C14H11BrF2N2O. The van der Waals surface area contributed by atoms with Crippen LogP contribution in [0.1, 0.15) is 0 Å². The van der Waals surface area contributed by atoms with Crippen molar-refractivity contribution in [3.8, 4) is 0 Å². The van der Waals surface area contributed by atoms with Crippen LogP contribution in [0.25, 0.3) is 0 Å². The number of carbonyl (C=O) groups excluding carboxylic acids is 1. The highest BCUT2D eigenvalue weighted by Crippen LogP contribution is 2.21. The predicted molar refractivity (Wildman–Crippen MR) is 77.6 cm³/mol. The lowest BCUT2D eigenvalue weighted by atomic mass is 10.3. The Morgan fingerprint density at radius 3 is 2.35 bits per heavy atom. The summed E-state index contributed by atoms with van der Waals surface area (Å²) in [5.74, 6) is -1.88. The Kier molecular flexibility index (Phi) is 4.68. The predicted octanol–water partition coefficient (Wildman–Crippen LogP) is 3.78. The summed E-state index contributed by atoms with van der Waals surface area (Å²) in [5, 5.41) is 5.07. The third-order valence-corrected chi connectivity index (χ3v) is 3.23. The number of carbonyl (C=O) groups is 1. The maximum Gasteiger partial charge on any atom is 0.243 e. The average Bonchev–Trinajstić information content (AvgIpc) is 2.41. The van der Waals surface area contributed by atoms with Crippen molar-refractivity contribution < 1.29 is 13.6 Å². The molecule has 0 aliphatic heterocycles. The molecular weight excluding hydrogens is 330 g/mol. The largest absolute Gasteiger partial charge is 0.371 e. The number of rotatable bonds is 4. The number of nitrogens with one attached hydrogen (secondary N) is 2. The van der Waals surface area contributed by atoms with Gasteiger partial charge in [0.05, 0.1) is 12.2 Å². The van der Waals surface area contributed by atoms with Crippen molar-refractivity contribution >= 4 is 33.2 Å². The number of anilines is 2. The summed E-state index contributed by atoms with van der Waals surface area (Å²) in [6.45, 7) is -0.237. The molecule has 0 unspecified atom stereocenters. The van der Waals surface area contributed by atoms with Gasteiger partial charge in [-0.1, -0.05) is 18.2 Å². The topological polar surface area (TPSA) is 41.1 Å². The van der Waals surface area contributed by atoms with Crippen LogP contribution in [-0.4, -0.2) is 12.5 Å². The first-order valence-corrected chi connectivity index (χ1v) is 6.59. The van der Waals surface area contributed by atoms with Crippen LogP contribution >= 0.6 is 15.9 Å². The quantitative estimate of drug-likeness (QED) is 0.889. The number of hydrogen-bond acceptors (Lipinski definition) is 2. The summed E-state index contributed by atoms with van der Waals surface area (Å²) in [7, 11) is 0. The van der Waals surface area contributed by atoms with Crippen LogP contribution < -0.4 is 10.6 Å². The van der Waals surface area contributed by atoms with Gasteiger partial charge in [0, 0.05) is 4.47 Å². The summed E-state index contributed by atoms with van der Waals surface area (Å²) >= 11 is 3.29. The zero-order valence-electron chi connectivity index (χ0n) is 10.3. The van der Waals surface area contributed by atoms with Gasteiger partial charge in [-0.2, -0.15) is 0 Å². The molecule has 0 saturated heterocycles. The van der Waals surface area contributed by atoms with Crippen molar-refractivity contribution in [1.29, 1.82) is 0 Å². The van der Waals surface area contributed by atoms with Gasteiger partial charge in [-0.05, 0) is 40.2 Å². The fourth-order valence-electron chi connectivity index (χ4n) is 1.59. The Balaban J connectivity index is 1.98. The minimum atomic E-state index is -0.737. The molecule has 0 bridgehead atoms. The van der Waals surface area contributed by atoms with E-state index in [0.717, 1.165) is 16.6 Å². The maximum absolute atomic E-state index is 13.4. The van der Waals surface area contributed by atoms with E-state index in [1.54, 1.807) is 18.2 Å². The molecule has 0 aliphatic carbocycles. The Labute approximate surface area is 123 Å². The number of para-hydroxylation sites is 2. The lowest BCUT2D eigenvalue weighted by Gasteiger charge is -2.10. The Bertz CT molecular complexity index is 614. The first kappa shape index (κ1) is 14.5. The van der Waals surface area contributed by atoms with E-state index in [1.807, 2.05) is 6.07 Å². The molecule has 0 aromatic heterocycles. The zero-order valence-corrected chi connectivity index (χ0v) is 11.9. The summed E-state index contributed by atoms with van der Waals surface area (Å²) < 4.78 is 27.4. The van der Waals surface area contributed by atoms with Crippen molar-refractivity contribution in [2.75, 3.05) is 17.2 Å². The van der Waals surface area contributed by atoms with Gasteiger partial charge in [0.25, 0.3) is 0 Å². The minimum Gasteiger partial charge on any atom is -0.371 e. The van der Waals surface area contributed by atoms with Gasteiger partial charge in [0.1, 0.15) is 17.3 Å². The lowest BCUT2D eigenvalue weighted by Crippen LogP contribution is -2.22. The molecule has 2 rings (SSSR count). The van der Waals surface area contributed by atoms with Crippen molar-refractivity contribution in [3.05, 3.63) is 58.6 Å². The monoisotopic (exact) mass is 340 g/mol. The van der Waals surface area contributed by atoms with Crippen LogP contribution in [0.5, 0.6) is 0 Å². The Hall–Kier alpha value is -1.95. The van der Waals surface area contributed by atoms with Crippen molar-refractivity contribution in [1.82, 2.24) is 0 Å². The number of amides is 1. The molecule has 0 heterocycles. The molecule has 2 aromatic carbocycles. The second kappa shape index (κ2) is 6.47. The van der Waals surface area contributed by atoms with Gasteiger partial charge in [0.15, 0.2) is 0 Å². The highest BCUT2D eigenvalue weighted by Gasteiger charge is 2.10. The fourth-order valence-corrected chi connectivity index (χ4v) is 1.98. The van der Waals surface area contributed by atoms with Gasteiger partial charge in [0.2, 0.25) is 5.91 Å².